The SMILES string of the molecule is NCC1CC2CC2N1c1c(C=O)oc2c(Br)cccc12. The maximum Gasteiger partial charge on any atom is 0.191 e. The van der Waals surface area contributed by atoms with Gasteiger partial charge < -0.3 is 15.1 Å². The van der Waals surface area contributed by atoms with Crippen LogP contribution in [0.4, 0.5) is 5.69 Å². The number of hydrogen-bond acceptors (Lipinski definition) is 4. The molecule has 4 rings (SSSR count). The second-order valence-electron chi connectivity index (χ2n) is 5.64. The van der Waals surface area contributed by atoms with E-state index in [9.17, 15) is 4.79 Å². The van der Waals surface area contributed by atoms with Crippen molar-refractivity contribution in [3.8, 4) is 0 Å². The molecule has 1 aromatic heterocycles. The third-order valence-corrected chi connectivity index (χ3v) is 5.14. The maximum absolute atomic E-state index is 11.4. The number of fused-ring (bicyclic) bond motifs is 2. The van der Waals surface area contributed by atoms with Gasteiger partial charge in [-0.3, -0.25) is 4.79 Å². The summed E-state index contributed by atoms with van der Waals surface area (Å²) in [6.45, 7) is 0.617. The van der Waals surface area contributed by atoms with Crippen molar-refractivity contribution < 1.29 is 9.21 Å². The van der Waals surface area contributed by atoms with Crippen LogP contribution in [-0.2, 0) is 0 Å². The molecule has 3 atom stereocenters. The lowest BCUT2D eigenvalue weighted by Gasteiger charge is -2.28. The second kappa shape index (κ2) is 4.33. The van der Waals surface area contributed by atoms with E-state index in [0.717, 1.165) is 39.8 Å². The summed E-state index contributed by atoms with van der Waals surface area (Å²) >= 11 is 3.49. The van der Waals surface area contributed by atoms with Crippen LogP contribution in [0.2, 0.25) is 0 Å². The van der Waals surface area contributed by atoms with Crippen molar-refractivity contribution in [3.05, 3.63) is 28.4 Å². The molecular weight excluding hydrogens is 320 g/mol. The molecule has 2 fully saturated rings. The predicted molar refractivity (Wildman–Crippen MR) is 81.1 cm³/mol. The maximum atomic E-state index is 11.4. The molecule has 1 saturated carbocycles. The van der Waals surface area contributed by atoms with Crippen LogP contribution < -0.4 is 10.6 Å². The molecule has 2 aliphatic rings. The summed E-state index contributed by atoms with van der Waals surface area (Å²) in [5.41, 5.74) is 7.58. The first-order chi connectivity index (χ1) is 9.74. The Bertz CT molecular complexity index is 696. The van der Waals surface area contributed by atoms with Gasteiger partial charge in [-0.25, -0.2) is 0 Å². The molecule has 2 N–H and O–H groups in total. The average Bonchev–Trinajstić information content (AvgIpc) is 2.97. The molecule has 1 aromatic carbocycles. The number of anilines is 1. The molecule has 0 bridgehead atoms. The lowest BCUT2D eigenvalue weighted by Crippen LogP contribution is -2.38. The third kappa shape index (κ3) is 1.59. The Labute approximate surface area is 125 Å². The molecule has 20 heavy (non-hydrogen) atoms. The van der Waals surface area contributed by atoms with Crippen molar-refractivity contribution in [2.24, 2.45) is 11.7 Å². The van der Waals surface area contributed by atoms with Crippen molar-refractivity contribution >= 4 is 38.9 Å². The number of nitrogens with zero attached hydrogens (tertiary/aromatic N) is 1. The minimum atomic E-state index is 0.317. The molecule has 2 aromatic rings. The standard InChI is InChI=1S/C15H15BrN2O2/c16-11-3-1-2-10-14(13(7-19)20-15(10)11)18-9(6-17)4-8-5-12(8)18/h1-3,7-9,12H,4-6,17H2. The predicted octanol–water partition coefficient (Wildman–Crippen LogP) is 2.93. The number of para-hydroxylation sites is 1. The van der Waals surface area contributed by atoms with Gasteiger partial charge in [-0.05, 0) is 46.8 Å². The first kappa shape index (κ1) is 12.4. The Balaban J connectivity index is 1.94. The van der Waals surface area contributed by atoms with Crippen molar-refractivity contribution in [1.82, 2.24) is 0 Å². The monoisotopic (exact) mass is 334 g/mol. The first-order valence-corrected chi connectivity index (χ1v) is 7.68. The normalized spacial score (nSPS) is 27.9. The van der Waals surface area contributed by atoms with E-state index in [0.29, 0.717) is 24.4 Å². The number of carbonyl (C=O) groups excluding carboxylic acids is 1. The minimum absolute atomic E-state index is 0.317. The van der Waals surface area contributed by atoms with Gasteiger partial charge >= 0.3 is 0 Å². The molecule has 104 valence electrons. The molecule has 4 nitrogen and oxygen atoms in total. The van der Waals surface area contributed by atoms with Crippen LogP contribution in [0.3, 0.4) is 0 Å². The fourth-order valence-corrected chi connectivity index (χ4v) is 4.00. The molecule has 5 heteroatoms. The number of piperidine rings is 1. The van der Waals surface area contributed by atoms with Crippen molar-refractivity contribution in [2.75, 3.05) is 11.4 Å². The van der Waals surface area contributed by atoms with Gasteiger partial charge in [0.1, 0.15) is 0 Å². The molecule has 0 amide bonds. The molecule has 0 radical (unpaired) electrons. The minimum Gasteiger partial charge on any atom is -0.450 e. The Hall–Kier alpha value is -1.33. The lowest BCUT2D eigenvalue weighted by molar-refractivity contribution is 0.110. The zero-order valence-corrected chi connectivity index (χ0v) is 12.5. The van der Waals surface area contributed by atoms with Crippen LogP contribution in [0.5, 0.6) is 0 Å². The third-order valence-electron chi connectivity index (χ3n) is 4.52. The van der Waals surface area contributed by atoms with Gasteiger partial charge in [-0.1, -0.05) is 6.07 Å². The number of carbonyl (C=O) groups is 1. The topological polar surface area (TPSA) is 59.5 Å². The number of rotatable bonds is 3. The number of aldehydes is 1. The van der Waals surface area contributed by atoms with E-state index in [1.807, 2.05) is 18.2 Å². The summed E-state index contributed by atoms with van der Waals surface area (Å²) in [6.07, 6.45) is 3.14. The summed E-state index contributed by atoms with van der Waals surface area (Å²) in [5, 5.41) is 0.993. The van der Waals surface area contributed by atoms with Gasteiger partial charge in [-0.2, -0.15) is 0 Å². The van der Waals surface area contributed by atoms with E-state index >= 15 is 0 Å². The highest BCUT2D eigenvalue weighted by Gasteiger charge is 2.52. The number of furan rings is 1. The van der Waals surface area contributed by atoms with E-state index in [1.165, 1.54) is 6.42 Å². The average molecular weight is 335 g/mol. The van der Waals surface area contributed by atoms with Crippen LogP contribution in [0.25, 0.3) is 11.0 Å². The fraction of sp³-hybridized carbons (Fsp3) is 0.400. The largest absolute Gasteiger partial charge is 0.450 e. The zero-order valence-electron chi connectivity index (χ0n) is 10.9. The molecule has 1 aliphatic carbocycles. The number of hydrogen-bond donors (Lipinski definition) is 1. The van der Waals surface area contributed by atoms with E-state index in [4.69, 9.17) is 10.2 Å². The van der Waals surface area contributed by atoms with Gasteiger partial charge in [-0.15, -0.1) is 0 Å². The number of halogens is 1. The van der Waals surface area contributed by atoms with Crippen LogP contribution >= 0.6 is 15.9 Å². The van der Waals surface area contributed by atoms with Crippen LogP contribution in [0, 0.1) is 5.92 Å². The highest BCUT2D eigenvalue weighted by atomic mass is 79.9. The second-order valence-corrected chi connectivity index (χ2v) is 6.50. The highest BCUT2D eigenvalue weighted by molar-refractivity contribution is 9.10. The van der Waals surface area contributed by atoms with Crippen LogP contribution in [-0.4, -0.2) is 24.9 Å². The van der Waals surface area contributed by atoms with Gasteiger partial charge in [0.05, 0.1) is 10.2 Å². The van der Waals surface area contributed by atoms with Crippen LogP contribution in [0.1, 0.15) is 23.4 Å². The Morgan fingerprint density at radius 2 is 2.30 bits per heavy atom. The lowest BCUT2D eigenvalue weighted by atomic mass is 10.1. The van der Waals surface area contributed by atoms with E-state index in [-0.39, 0.29) is 0 Å². The first-order valence-electron chi connectivity index (χ1n) is 6.89. The zero-order chi connectivity index (χ0) is 13.9. The van der Waals surface area contributed by atoms with Crippen molar-refractivity contribution in [1.29, 1.82) is 0 Å². The summed E-state index contributed by atoms with van der Waals surface area (Å²) in [7, 11) is 0. The van der Waals surface area contributed by atoms with Crippen LogP contribution in [0.15, 0.2) is 27.1 Å². The smallest absolute Gasteiger partial charge is 0.191 e. The number of benzene rings is 1. The summed E-state index contributed by atoms with van der Waals surface area (Å²) in [5.74, 6) is 1.15. The summed E-state index contributed by atoms with van der Waals surface area (Å²) < 4.78 is 6.63. The molecule has 0 spiro atoms. The van der Waals surface area contributed by atoms with Gasteiger partial charge in [0.25, 0.3) is 0 Å². The summed E-state index contributed by atoms with van der Waals surface area (Å²) in [6, 6.07) is 6.75. The van der Waals surface area contributed by atoms with Gasteiger partial charge in [0.2, 0.25) is 0 Å². The molecule has 1 saturated heterocycles. The van der Waals surface area contributed by atoms with E-state index in [1.54, 1.807) is 0 Å². The molecule has 1 aliphatic heterocycles. The van der Waals surface area contributed by atoms with Gasteiger partial charge in [0.15, 0.2) is 17.6 Å². The van der Waals surface area contributed by atoms with Crippen molar-refractivity contribution in [3.63, 3.8) is 0 Å². The van der Waals surface area contributed by atoms with E-state index in [2.05, 4.69) is 20.8 Å². The van der Waals surface area contributed by atoms with Gasteiger partial charge in [0, 0.05) is 24.0 Å². The molecule has 3 unspecified atom stereocenters. The highest BCUT2D eigenvalue weighted by Crippen LogP contribution is 2.52. The number of nitrogens with two attached hydrogens (primary N) is 1. The Kier molecular flexibility index (Phi) is 2.69. The molecular formula is C15H15BrN2O2. The Morgan fingerprint density at radius 1 is 1.45 bits per heavy atom. The van der Waals surface area contributed by atoms with E-state index < -0.39 is 0 Å². The molecule has 2 heterocycles. The quantitative estimate of drug-likeness (QED) is 0.876. The fourth-order valence-electron chi connectivity index (χ4n) is 3.55. The summed E-state index contributed by atoms with van der Waals surface area (Å²) in [4.78, 5) is 13.7. The Morgan fingerprint density at radius 3 is 3.05 bits per heavy atom. The van der Waals surface area contributed by atoms with Crippen molar-refractivity contribution in [2.45, 2.75) is 24.9 Å².